The summed E-state index contributed by atoms with van der Waals surface area (Å²) in [6.07, 6.45) is -0.638. The molecule has 1 heterocycles. The van der Waals surface area contributed by atoms with Gasteiger partial charge in [0.1, 0.15) is 11.9 Å². The van der Waals surface area contributed by atoms with E-state index in [1.807, 2.05) is 0 Å². The topological polar surface area (TPSA) is 49.3 Å². The van der Waals surface area contributed by atoms with Gasteiger partial charge in [0, 0.05) is 11.3 Å². The normalized spacial score (nSPS) is 14.8. The standard InChI is InChI=1S/C15H11BrFNO2/c16-14-10(2-1-3-11(14)17)15(20)8-4-5-12-9(6-8)7-13(19)18-12/h1-6,15,20H,7H2,(H,18,19). The van der Waals surface area contributed by atoms with Crippen LogP contribution < -0.4 is 5.32 Å². The van der Waals surface area contributed by atoms with Crippen LogP contribution in [0.15, 0.2) is 40.9 Å². The third-order valence-corrected chi connectivity index (χ3v) is 4.18. The third kappa shape index (κ3) is 2.23. The van der Waals surface area contributed by atoms with Crippen LogP contribution in [0, 0.1) is 5.82 Å². The second-order valence-electron chi connectivity index (χ2n) is 4.69. The van der Waals surface area contributed by atoms with Crippen molar-refractivity contribution in [3.63, 3.8) is 0 Å². The Morgan fingerprint density at radius 2 is 2.10 bits per heavy atom. The number of rotatable bonds is 2. The lowest BCUT2D eigenvalue weighted by Gasteiger charge is -2.14. The fourth-order valence-electron chi connectivity index (χ4n) is 2.33. The summed E-state index contributed by atoms with van der Waals surface area (Å²) in [6, 6.07) is 9.80. The molecule has 1 aliphatic heterocycles. The predicted molar refractivity (Wildman–Crippen MR) is 76.9 cm³/mol. The molecule has 0 saturated heterocycles. The summed E-state index contributed by atoms with van der Waals surface area (Å²) in [4.78, 5) is 11.3. The molecule has 2 aromatic rings. The molecule has 0 bridgehead atoms. The fraction of sp³-hybridized carbons (Fsp3) is 0.133. The lowest BCUT2D eigenvalue weighted by Crippen LogP contribution is -2.03. The second-order valence-corrected chi connectivity index (χ2v) is 5.48. The SMILES string of the molecule is O=C1Cc2cc(C(O)c3cccc(F)c3Br)ccc2N1. The van der Waals surface area contributed by atoms with Crippen molar-refractivity contribution in [1.82, 2.24) is 0 Å². The molecular formula is C15H11BrFNO2. The molecule has 0 saturated carbocycles. The van der Waals surface area contributed by atoms with Crippen molar-refractivity contribution < 1.29 is 14.3 Å². The third-order valence-electron chi connectivity index (χ3n) is 3.35. The molecule has 5 heteroatoms. The molecule has 1 unspecified atom stereocenters. The number of aliphatic hydroxyl groups excluding tert-OH is 1. The molecule has 1 atom stereocenters. The molecule has 0 aromatic heterocycles. The number of nitrogens with one attached hydrogen (secondary N) is 1. The van der Waals surface area contributed by atoms with Gasteiger partial charge in [-0.25, -0.2) is 4.39 Å². The summed E-state index contributed by atoms with van der Waals surface area (Å²) < 4.78 is 13.8. The van der Waals surface area contributed by atoms with Gasteiger partial charge in [-0.05, 0) is 39.2 Å². The maximum Gasteiger partial charge on any atom is 0.228 e. The number of benzene rings is 2. The van der Waals surface area contributed by atoms with E-state index in [1.165, 1.54) is 6.07 Å². The van der Waals surface area contributed by atoms with E-state index in [2.05, 4.69) is 21.2 Å². The highest BCUT2D eigenvalue weighted by molar-refractivity contribution is 9.10. The van der Waals surface area contributed by atoms with Crippen LogP contribution in [0.4, 0.5) is 10.1 Å². The maximum atomic E-state index is 13.5. The maximum absolute atomic E-state index is 13.5. The van der Waals surface area contributed by atoms with Crippen molar-refractivity contribution in [1.29, 1.82) is 0 Å². The summed E-state index contributed by atoms with van der Waals surface area (Å²) >= 11 is 3.15. The zero-order chi connectivity index (χ0) is 14.3. The van der Waals surface area contributed by atoms with Crippen LogP contribution >= 0.6 is 15.9 Å². The Labute approximate surface area is 123 Å². The minimum Gasteiger partial charge on any atom is -0.384 e. The number of fused-ring (bicyclic) bond motifs is 1. The Morgan fingerprint density at radius 3 is 2.90 bits per heavy atom. The molecule has 2 aromatic carbocycles. The molecule has 0 spiro atoms. The van der Waals surface area contributed by atoms with E-state index in [-0.39, 0.29) is 10.4 Å². The van der Waals surface area contributed by atoms with Crippen molar-refractivity contribution in [2.24, 2.45) is 0 Å². The molecule has 20 heavy (non-hydrogen) atoms. The van der Waals surface area contributed by atoms with E-state index in [9.17, 15) is 14.3 Å². The minimum atomic E-state index is -0.943. The molecule has 1 aliphatic rings. The Bertz CT molecular complexity index is 702. The van der Waals surface area contributed by atoms with Crippen LogP contribution in [0.5, 0.6) is 0 Å². The van der Waals surface area contributed by atoms with Gasteiger partial charge in [-0.2, -0.15) is 0 Å². The molecule has 3 nitrogen and oxygen atoms in total. The molecule has 0 fully saturated rings. The van der Waals surface area contributed by atoms with E-state index in [1.54, 1.807) is 30.3 Å². The quantitative estimate of drug-likeness (QED) is 0.885. The van der Waals surface area contributed by atoms with Crippen molar-refractivity contribution in [3.05, 3.63) is 63.4 Å². The number of hydrogen-bond donors (Lipinski definition) is 2. The first-order valence-corrected chi connectivity index (χ1v) is 6.90. The molecule has 102 valence electrons. The Morgan fingerprint density at radius 1 is 1.30 bits per heavy atom. The van der Waals surface area contributed by atoms with E-state index in [0.717, 1.165) is 11.3 Å². The fourth-order valence-corrected chi connectivity index (χ4v) is 2.81. The average Bonchev–Trinajstić information content (AvgIpc) is 2.80. The molecule has 3 rings (SSSR count). The van der Waals surface area contributed by atoms with Gasteiger partial charge in [-0.15, -0.1) is 0 Å². The Hall–Kier alpha value is -1.72. The molecule has 1 amide bonds. The van der Waals surface area contributed by atoms with Gasteiger partial charge >= 0.3 is 0 Å². The van der Waals surface area contributed by atoms with Crippen molar-refractivity contribution in [3.8, 4) is 0 Å². The highest BCUT2D eigenvalue weighted by Crippen LogP contribution is 2.33. The number of carbonyl (C=O) groups is 1. The van der Waals surface area contributed by atoms with Crippen LogP contribution in [0.2, 0.25) is 0 Å². The van der Waals surface area contributed by atoms with Gasteiger partial charge in [0.15, 0.2) is 0 Å². The molecule has 0 aliphatic carbocycles. The first-order chi connectivity index (χ1) is 9.56. The van der Waals surface area contributed by atoms with Crippen molar-refractivity contribution >= 4 is 27.5 Å². The smallest absolute Gasteiger partial charge is 0.228 e. The largest absolute Gasteiger partial charge is 0.384 e. The highest BCUT2D eigenvalue weighted by atomic mass is 79.9. The monoisotopic (exact) mass is 335 g/mol. The zero-order valence-corrected chi connectivity index (χ0v) is 11.9. The van der Waals surface area contributed by atoms with Gasteiger partial charge in [-0.1, -0.05) is 24.3 Å². The van der Waals surface area contributed by atoms with Gasteiger partial charge in [0.2, 0.25) is 5.91 Å². The molecule has 2 N–H and O–H groups in total. The van der Waals surface area contributed by atoms with Gasteiger partial charge in [0.25, 0.3) is 0 Å². The Balaban J connectivity index is 1.99. The van der Waals surface area contributed by atoms with Gasteiger partial charge in [-0.3, -0.25) is 4.79 Å². The summed E-state index contributed by atoms with van der Waals surface area (Å²) in [5.74, 6) is -0.474. The van der Waals surface area contributed by atoms with E-state index < -0.39 is 11.9 Å². The van der Waals surface area contributed by atoms with Crippen LogP contribution in [0.25, 0.3) is 0 Å². The zero-order valence-electron chi connectivity index (χ0n) is 10.4. The van der Waals surface area contributed by atoms with Crippen LogP contribution in [-0.2, 0) is 11.2 Å². The number of halogens is 2. The summed E-state index contributed by atoms with van der Waals surface area (Å²) in [5, 5.41) is 13.1. The van der Waals surface area contributed by atoms with Gasteiger partial charge in [0.05, 0.1) is 10.9 Å². The predicted octanol–water partition coefficient (Wildman–Crippen LogP) is 3.16. The molecule has 0 radical (unpaired) electrons. The Kier molecular flexibility index (Phi) is 3.31. The van der Waals surface area contributed by atoms with Crippen molar-refractivity contribution in [2.75, 3.05) is 5.32 Å². The van der Waals surface area contributed by atoms with Crippen LogP contribution in [0.1, 0.15) is 22.8 Å². The van der Waals surface area contributed by atoms with Crippen LogP contribution in [-0.4, -0.2) is 11.0 Å². The second kappa shape index (κ2) is 5.00. The number of carbonyl (C=O) groups excluding carboxylic acids is 1. The summed E-state index contributed by atoms with van der Waals surface area (Å²) in [6.45, 7) is 0. The van der Waals surface area contributed by atoms with Gasteiger partial charge < -0.3 is 10.4 Å². The first-order valence-electron chi connectivity index (χ1n) is 6.11. The van der Waals surface area contributed by atoms with E-state index in [0.29, 0.717) is 17.5 Å². The first kappa shape index (κ1) is 13.3. The number of hydrogen-bond acceptors (Lipinski definition) is 2. The minimum absolute atomic E-state index is 0.0569. The van der Waals surface area contributed by atoms with Crippen molar-refractivity contribution in [2.45, 2.75) is 12.5 Å². The number of aliphatic hydroxyl groups is 1. The number of anilines is 1. The average molecular weight is 336 g/mol. The van der Waals surface area contributed by atoms with E-state index >= 15 is 0 Å². The summed E-state index contributed by atoms with van der Waals surface area (Å²) in [7, 11) is 0. The lowest BCUT2D eigenvalue weighted by molar-refractivity contribution is -0.115. The number of amides is 1. The highest BCUT2D eigenvalue weighted by Gasteiger charge is 2.21. The van der Waals surface area contributed by atoms with E-state index in [4.69, 9.17) is 0 Å². The molecular weight excluding hydrogens is 325 g/mol. The van der Waals surface area contributed by atoms with Crippen LogP contribution in [0.3, 0.4) is 0 Å². The lowest BCUT2D eigenvalue weighted by atomic mass is 9.98. The summed E-state index contributed by atoms with van der Waals surface area (Å²) in [5.41, 5.74) is 2.71.